The van der Waals surface area contributed by atoms with E-state index < -0.39 is 0 Å². The average Bonchev–Trinajstić information content (AvgIpc) is 2.05. The number of rotatable bonds is 7. The van der Waals surface area contributed by atoms with Crippen LogP contribution >= 0.6 is 12.0 Å². The molecule has 70 valence electrons. The molecule has 0 atom stereocenters. The van der Waals surface area contributed by atoms with Crippen molar-refractivity contribution in [2.45, 2.75) is 0 Å². The van der Waals surface area contributed by atoms with E-state index in [0.29, 0.717) is 5.75 Å². The summed E-state index contributed by atoms with van der Waals surface area (Å²) in [5.41, 5.74) is 0. The first kappa shape index (κ1) is 20.1. The maximum absolute atomic E-state index is 9.86. The van der Waals surface area contributed by atoms with Gasteiger partial charge in [0.1, 0.15) is 0 Å². The minimum atomic E-state index is 0. The summed E-state index contributed by atoms with van der Waals surface area (Å²) in [7, 11) is 1.36. The molecule has 0 aromatic rings. The van der Waals surface area contributed by atoms with Gasteiger partial charge in [-0.3, -0.25) is 0 Å². The van der Waals surface area contributed by atoms with Crippen molar-refractivity contribution < 1.29 is 84.2 Å². The third-order valence-electron chi connectivity index (χ3n) is 0.735. The van der Waals surface area contributed by atoms with Gasteiger partial charge >= 0.3 is 0 Å². The Kier molecular flexibility index (Phi) is 24.8. The molecule has 0 rings (SSSR count). The van der Waals surface area contributed by atoms with E-state index in [1.165, 1.54) is 19.9 Å². The van der Waals surface area contributed by atoms with Crippen LogP contribution in [0.15, 0.2) is 0 Å². The molecule has 2 amide bonds. The van der Waals surface area contributed by atoms with Crippen LogP contribution in [0.2, 0.25) is 0 Å². The van der Waals surface area contributed by atoms with Crippen LogP contribution in [-0.4, -0.2) is 37.1 Å². The SMILES string of the molecule is COOSCCN([C-]=O)[C-]=O.[Y].[Y]. The molecular weight excluding hydrogens is 348 g/mol. The van der Waals surface area contributed by atoms with Gasteiger partial charge in [-0.2, -0.15) is 17.2 Å². The molecule has 0 aliphatic heterocycles. The summed E-state index contributed by atoms with van der Waals surface area (Å²) in [6, 6.07) is 0. The smallest absolute Gasteiger partial charge is 0.0725 e. The van der Waals surface area contributed by atoms with Gasteiger partial charge in [0, 0.05) is 83.2 Å². The number of carbonyl (C=O) groups excluding carboxylic acids is 2. The fourth-order valence-corrected chi connectivity index (χ4v) is 0.742. The average molecular weight is 355 g/mol. The summed E-state index contributed by atoms with van der Waals surface area (Å²) < 4.78 is 4.40. The number of hydrogen-bond donors (Lipinski definition) is 0. The first-order valence-corrected chi connectivity index (χ1v) is 3.61. The molecular formula is C5H7NO4SY2-2. The van der Waals surface area contributed by atoms with E-state index in [2.05, 4.69) is 9.22 Å². The van der Waals surface area contributed by atoms with E-state index in [4.69, 9.17) is 0 Å². The van der Waals surface area contributed by atoms with E-state index in [0.717, 1.165) is 16.9 Å². The standard InChI is InChI=1S/C5H7NO4S.2Y/c1-9-10-11-3-2-6(4-7)5-8;;/h2-3H2,1H3;;/q-2;;. The Hall–Kier alpha value is 1.62. The van der Waals surface area contributed by atoms with Crippen LogP contribution in [0.3, 0.4) is 0 Å². The summed E-state index contributed by atoms with van der Waals surface area (Å²) in [6.07, 6.45) is 2.76. The van der Waals surface area contributed by atoms with Gasteiger partial charge in [-0.25, -0.2) is 4.89 Å². The van der Waals surface area contributed by atoms with Gasteiger partial charge in [0.2, 0.25) is 0 Å². The molecule has 0 spiro atoms. The first-order valence-electron chi connectivity index (χ1n) is 2.70. The van der Waals surface area contributed by atoms with E-state index in [9.17, 15) is 9.59 Å². The quantitative estimate of drug-likeness (QED) is 0.156. The van der Waals surface area contributed by atoms with Gasteiger partial charge in [-0.1, -0.05) is 0 Å². The van der Waals surface area contributed by atoms with Crippen molar-refractivity contribution in [1.29, 1.82) is 0 Å². The normalized spacial score (nSPS) is 7.77. The van der Waals surface area contributed by atoms with Gasteiger partial charge in [0.15, 0.2) is 0 Å². The third-order valence-corrected chi connectivity index (χ3v) is 1.32. The molecule has 13 heavy (non-hydrogen) atoms. The molecule has 0 fully saturated rings. The Labute approximate surface area is 132 Å². The minimum absolute atomic E-state index is 0. The summed E-state index contributed by atoms with van der Waals surface area (Å²) in [5, 5.41) is 0. The molecule has 0 saturated heterocycles. The maximum Gasteiger partial charge on any atom is 0.0725 e. The zero-order chi connectivity index (χ0) is 8.53. The second kappa shape index (κ2) is 16.1. The second-order valence-corrected chi connectivity index (χ2v) is 2.17. The number of nitrogens with zero attached hydrogens (tertiary/aromatic N) is 1. The fourth-order valence-electron chi connectivity index (χ4n) is 0.321. The van der Waals surface area contributed by atoms with Crippen molar-refractivity contribution in [3.05, 3.63) is 0 Å². The van der Waals surface area contributed by atoms with Crippen LogP contribution in [0, 0.1) is 0 Å². The van der Waals surface area contributed by atoms with E-state index in [1.54, 1.807) is 0 Å². The topological polar surface area (TPSA) is 55.8 Å². The van der Waals surface area contributed by atoms with Crippen molar-refractivity contribution in [2.24, 2.45) is 0 Å². The summed E-state index contributed by atoms with van der Waals surface area (Å²) in [6.45, 7) is 0.209. The Morgan fingerprint density at radius 1 is 1.31 bits per heavy atom. The molecule has 0 aliphatic rings. The summed E-state index contributed by atoms with van der Waals surface area (Å²) >= 11 is 0.991. The largest absolute Gasteiger partial charge is 0.635 e. The minimum Gasteiger partial charge on any atom is -0.635 e. The molecule has 8 heteroatoms. The van der Waals surface area contributed by atoms with Crippen molar-refractivity contribution >= 4 is 24.9 Å². The second-order valence-electron chi connectivity index (χ2n) is 1.39. The van der Waals surface area contributed by atoms with Crippen LogP contribution in [0.4, 0.5) is 0 Å². The Bertz CT molecular complexity index is 121. The molecule has 0 unspecified atom stereocenters. The van der Waals surface area contributed by atoms with Gasteiger partial charge in [0.05, 0.1) is 7.11 Å². The predicted molar refractivity (Wildman–Crippen MR) is 38.6 cm³/mol. The van der Waals surface area contributed by atoms with Crippen LogP contribution in [0.5, 0.6) is 0 Å². The van der Waals surface area contributed by atoms with Gasteiger partial charge in [0.25, 0.3) is 0 Å². The third kappa shape index (κ3) is 13.6. The molecule has 0 heterocycles. The number of amides is 2. The summed E-state index contributed by atoms with van der Waals surface area (Å²) in [5.74, 6) is 0.429. The van der Waals surface area contributed by atoms with Crippen LogP contribution in [-0.2, 0) is 84.2 Å². The number of hydrogen-bond acceptors (Lipinski definition) is 5. The fraction of sp³-hybridized carbons (Fsp3) is 0.600. The van der Waals surface area contributed by atoms with Crippen molar-refractivity contribution in [3.63, 3.8) is 0 Å². The molecule has 5 nitrogen and oxygen atoms in total. The zero-order valence-corrected chi connectivity index (χ0v) is 13.6. The number of imide groups is 1. The van der Waals surface area contributed by atoms with E-state index in [-0.39, 0.29) is 72.0 Å². The molecule has 0 N–H and O–H groups in total. The van der Waals surface area contributed by atoms with Gasteiger partial charge in [-0.15, -0.1) is 0 Å². The molecule has 0 saturated carbocycles. The van der Waals surface area contributed by atoms with Gasteiger partial charge < -0.3 is 14.5 Å². The van der Waals surface area contributed by atoms with Crippen LogP contribution in [0.25, 0.3) is 0 Å². The van der Waals surface area contributed by atoms with E-state index >= 15 is 0 Å². The zero-order valence-electron chi connectivity index (χ0n) is 7.06. The van der Waals surface area contributed by atoms with Crippen LogP contribution < -0.4 is 0 Å². The molecule has 0 bridgehead atoms. The molecule has 0 aromatic heterocycles. The Morgan fingerprint density at radius 2 is 1.85 bits per heavy atom. The predicted octanol–water partition coefficient (Wildman–Crippen LogP) is -0.356. The van der Waals surface area contributed by atoms with Crippen molar-refractivity contribution in [1.82, 2.24) is 4.90 Å². The van der Waals surface area contributed by atoms with Crippen molar-refractivity contribution in [2.75, 3.05) is 19.4 Å². The van der Waals surface area contributed by atoms with Crippen molar-refractivity contribution in [3.8, 4) is 0 Å². The molecule has 2 radical (unpaired) electrons. The van der Waals surface area contributed by atoms with Gasteiger partial charge in [-0.05, 0) is 6.54 Å². The molecule has 0 aromatic carbocycles. The molecule has 0 aliphatic carbocycles. The Morgan fingerprint density at radius 3 is 2.23 bits per heavy atom. The maximum atomic E-state index is 9.86. The monoisotopic (exact) mass is 355 g/mol. The summed E-state index contributed by atoms with van der Waals surface area (Å²) in [4.78, 5) is 24.7. The Balaban J connectivity index is -0.000000500. The first-order chi connectivity index (χ1) is 5.35. The van der Waals surface area contributed by atoms with E-state index in [1.807, 2.05) is 0 Å². The van der Waals surface area contributed by atoms with Crippen LogP contribution in [0.1, 0.15) is 0 Å².